The number of amides is 3. The smallest absolute Gasteiger partial charge is 0.397 e. The molecule has 180 valence electrons. The van der Waals surface area contributed by atoms with E-state index >= 15 is 0 Å². The number of aliphatic carboxylic acids is 1. The highest BCUT2D eigenvalue weighted by Gasteiger charge is 2.34. The second-order valence-electron chi connectivity index (χ2n) is 7.34. The van der Waals surface area contributed by atoms with Gasteiger partial charge < -0.3 is 20.2 Å². The molecular weight excluding hydrogens is 465 g/mol. The SMILES string of the molecule is CCc1cc2c(N3CCN(C(=O)CC(F)(F)F)CC3)nc(NC(=O)NCCC(=O)O)nc2s1. The van der Waals surface area contributed by atoms with E-state index < -0.39 is 30.5 Å². The first-order valence-electron chi connectivity index (χ1n) is 10.2. The second-order valence-corrected chi connectivity index (χ2v) is 8.46. The Morgan fingerprint density at radius 2 is 1.88 bits per heavy atom. The van der Waals surface area contributed by atoms with Gasteiger partial charge >= 0.3 is 18.2 Å². The van der Waals surface area contributed by atoms with E-state index in [1.54, 1.807) is 0 Å². The molecule has 1 fully saturated rings. The molecule has 0 saturated carbocycles. The Labute approximate surface area is 190 Å². The maximum absolute atomic E-state index is 12.5. The number of aryl methyl sites for hydroxylation is 1. The molecule has 0 radical (unpaired) electrons. The van der Waals surface area contributed by atoms with Crippen LogP contribution >= 0.6 is 11.3 Å². The van der Waals surface area contributed by atoms with Gasteiger partial charge in [0.05, 0.1) is 11.8 Å². The third kappa shape index (κ3) is 6.66. The van der Waals surface area contributed by atoms with Crippen LogP contribution in [0.3, 0.4) is 0 Å². The van der Waals surface area contributed by atoms with Crippen LogP contribution in [0.4, 0.5) is 29.7 Å². The van der Waals surface area contributed by atoms with Crippen LogP contribution < -0.4 is 15.5 Å². The normalized spacial score (nSPS) is 14.4. The number of fused-ring (bicyclic) bond motifs is 1. The molecule has 3 N–H and O–H groups in total. The van der Waals surface area contributed by atoms with Crippen molar-refractivity contribution in [1.82, 2.24) is 20.2 Å². The predicted molar refractivity (Wildman–Crippen MR) is 116 cm³/mol. The van der Waals surface area contributed by atoms with Crippen molar-refractivity contribution in [3.63, 3.8) is 0 Å². The number of rotatable bonds is 7. The fourth-order valence-electron chi connectivity index (χ4n) is 3.31. The Morgan fingerprint density at radius 1 is 1.18 bits per heavy atom. The van der Waals surface area contributed by atoms with Gasteiger partial charge in [0.25, 0.3) is 0 Å². The lowest BCUT2D eigenvalue weighted by Gasteiger charge is -2.35. The summed E-state index contributed by atoms with van der Waals surface area (Å²) < 4.78 is 37.6. The van der Waals surface area contributed by atoms with Gasteiger partial charge in [0, 0.05) is 37.6 Å². The van der Waals surface area contributed by atoms with Gasteiger partial charge in [-0.3, -0.25) is 14.9 Å². The number of carboxylic acids is 1. The number of hydrogen-bond acceptors (Lipinski definition) is 7. The van der Waals surface area contributed by atoms with Crippen LogP contribution in [0.5, 0.6) is 0 Å². The molecule has 10 nitrogen and oxygen atoms in total. The number of carboxylic acid groups (broad SMARTS) is 1. The number of aromatic nitrogens is 2. The molecule has 0 aromatic carbocycles. The van der Waals surface area contributed by atoms with Gasteiger partial charge in [-0.1, -0.05) is 6.92 Å². The molecule has 3 heterocycles. The van der Waals surface area contributed by atoms with E-state index in [0.717, 1.165) is 16.7 Å². The number of thiophene rings is 1. The second kappa shape index (κ2) is 10.2. The topological polar surface area (TPSA) is 128 Å². The molecule has 3 amide bonds. The summed E-state index contributed by atoms with van der Waals surface area (Å²) in [6.45, 7) is 2.70. The quantitative estimate of drug-likeness (QED) is 0.546. The van der Waals surface area contributed by atoms with E-state index in [4.69, 9.17) is 5.11 Å². The Hall–Kier alpha value is -3.16. The summed E-state index contributed by atoms with van der Waals surface area (Å²) >= 11 is 1.43. The lowest BCUT2D eigenvalue weighted by Crippen LogP contribution is -2.49. The minimum atomic E-state index is -4.55. The maximum Gasteiger partial charge on any atom is 0.397 e. The molecule has 0 spiro atoms. The Bertz CT molecular complexity index is 1040. The first-order valence-corrected chi connectivity index (χ1v) is 11.0. The van der Waals surface area contributed by atoms with Crippen molar-refractivity contribution in [1.29, 1.82) is 0 Å². The highest BCUT2D eigenvalue weighted by molar-refractivity contribution is 7.18. The Morgan fingerprint density at radius 3 is 2.48 bits per heavy atom. The summed E-state index contributed by atoms with van der Waals surface area (Å²) in [7, 11) is 0. The molecule has 2 aromatic rings. The maximum atomic E-state index is 12.5. The molecule has 1 aliphatic heterocycles. The van der Waals surface area contributed by atoms with E-state index in [9.17, 15) is 27.6 Å². The minimum Gasteiger partial charge on any atom is -0.481 e. The number of nitrogens with zero attached hydrogens (tertiary/aromatic N) is 4. The number of piperazine rings is 1. The third-order valence-electron chi connectivity index (χ3n) is 4.91. The predicted octanol–water partition coefficient (Wildman–Crippen LogP) is 2.45. The summed E-state index contributed by atoms with van der Waals surface area (Å²) in [6.07, 6.45) is -5.51. The van der Waals surface area contributed by atoms with Crippen LogP contribution in [0.15, 0.2) is 6.07 Å². The fourth-order valence-corrected chi connectivity index (χ4v) is 4.27. The van der Waals surface area contributed by atoms with Crippen molar-refractivity contribution in [2.24, 2.45) is 0 Å². The number of urea groups is 1. The molecule has 2 aromatic heterocycles. The highest BCUT2D eigenvalue weighted by Crippen LogP contribution is 2.33. The minimum absolute atomic E-state index is 0.0189. The van der Waals surface area contributed by atoms with Crippen molar-refractivity contribution in [2.45, 2.75) is 32.4 Å². The molecule has 0 bridgehead atoms. The van der Waals surface area contributed by atoms with Gasteiger partial charge in [-0.15, -0.1) is 11.3 Å². The van der Waals surface area contributed by atoms with Gasteiger partial charge in [0.1, 0.15) is 17.1 Å². The zero-order chi connectivity index (χ0) is 24.2. The fraction of sp³-hybridized carbons (Fsp3) is 0.526. The summed E-state index contributed by atoms with van der Waals surface area (Å²) in [5.74, 6) is -1.47. The number of hydrogen-bond donors (Lipinski definition) is 3. The Balaban J connectivity index is 1.76. The van der Waals surface area contributed by atoms with Gasteiger partial charge in [-0.2, -0.15) is 18.2 Å². The standard InChI is InChI=1S/C19H23F3N6O4S/c1-2-11-9-12-15(28-7-5-27(6-8-28)13(29)10-19(20,21)22)24-17(25-16(12)33-11)26-18(32)23-4-3-14(30)31/h9H,2-8,10H2,1H3,(H,30,31)(H2,23,24,25,26,32). The summed E-state index contributed by atoms with van der Waals surface area (Å²) in [5.41, 5.74) is 0. The zero-order valence-corrected chi connectivity index (χ0v) is 18.6. The van der Waals surface area contributed by atoms with Crippen molar-refractivity contribution in [2.75, 3.05) is 42.9 Å². The first-order chi connectivity index (χ1) is 15.6. The average Bonchev–Trinajstić information content (AvgIpc) is 3.15. The van der Waals surface area contributed by atoms with Crippen LogP contribution in [0.2, 0.25) is 0 Å². The first kappa shape index (κ1) is 24.5. The lowest BCUT2D eigenvalue weighted by molar-refractivity contribution is -0.161. The van der Waals surface area contributed by atoms with E-state index in [0.29, 0.717) is 10.6 Å². The van der Waals surface area contributed by atoms with E-state index in [1.165, 1.54) is 16.2 Å². The van der Waals surface area contributed by atoms with Crippen LogP contribution in [0.25, 0.3) is 10.2 Å². The molecule has 1 aliphatic rings. The van der Waals surface area contributed by atoms with Crippen LogP contribution in [0, 0.1) is 0 Å². The summed E-state index contributed by atoms with van der Waals surface area (Å²) in [6, 6.07) is 1.28. The van der Waals surface area contributed by atoms with Crippen LogP contribution in [-0.2, 0) is 16.0 Å². The van der Waals surface area contributed by atoms with Crippen molar-refractivity contribution >= 4 is 51.2 Å². The van der Waals surface area contributed by atoms with Gasteiger partial charge in [0.2, 0.25) is 11.9 Å². The molecule has 0 unspecified atom stereocenters. The Kier molecular flexibility index (Phi) is 7.56. The monoisotopic (exact) mass is 488 g/mol. The number of nitrogens with one attached hydrogen (secondary N) is 2. The van der Waals surface area contributed by atoms with Crippen molar-refractivity contribution in [3.8, 4) is 0 Å². The molecule has 14 heteroatoms. The molecule has 1 saturated heterocycles. The molecule has 33 heavy (non-hydrogen) atoms. The summed E-state index contributed by atoms with van der Waals surface area (Å²) in [4.78, 5) is 48.1. The van der Waals surface area contributed by atoms with E-state index in [2.05, 4.69) is 20.6 Å². The highest BCUT2D eigenvalue weighted by atomic mass is 32.1. The van der Waals surface area contributed by atoms with E-state index in [1.807, 2.05) is 17.9 Å². The van der Waals surface area contributed by atoms with Crippen molar-refractivity contribution in [3.05, 3.63) is 10.9 Å². The van der Waals surface area contributed by atoms with Crippen LogP contribution in [0.1, 0.15) is 24.6 Å². The van der Waals surface area contributed by atoms with Crippen molar-refractivity contribution < 1.29 is 32.7 Å². The molecule has 0 aliphatic carbocycles. The number of carbonyl (C=O) groups is 3. The number of alkyl halides is 3. The summed E-state index contributed by atoms with van der Waals surface area (Å²) in [5, 5.41) is 14.3. The van der Waals surface area contributed by atoms with Crippen LogP contribution in [-0.4, -0.2) is 76.8 Å². The number of carbonyl (C=O) groups excluding carboxylic acids is 2. The van der Waals surface area contributed by atoms with Gasteiger partial charge in [-0.05, 0) is 12.5 Å². The molecule has 0 atom stereocenters. The number of anilines is 2. The lowest BCUT2D eigenvalue weighted by atomic mass is 10.2. The van der Waals surface area contributed by atoms with E-state index in [-0.39, 0.29) is 45.1 Å². The van der Waals surface area contributed by atoms with Gasteiger partial charge in [-0.25, -0.2) is 9.78 Å². The zero-order valence-electron chi connectivity index (χ0n) is 17.7. The third-order valence-corrected chi connectivity index (χ3v) is 6.08. The molecular formula is C19H23F3N6O4S. The van der Waals surface area contributed by atoms with Gasteiger partial charge in [0.15, 0.2) is 0 Å². The largest absolute Gasteiger partial charge is 0.481 e. The number of halogens is 3. The molecule has 3 rings (SSSR count). The average molecular weight is 488 g/mol.